The maximum absolute atomic E-state index is 11.1. The van der Waals surface area contributed by atoms with Gasteiger partial charge >= 0.3 is 0 Å². The minimum absolute atomic E-state index is 0.0503. The van der Waals surface area contributed by atoms with Crippen LogP contribution in [0.2, 0.25) is 0 Å². The SMILES string of the molecule is CC(=O)Nc1nc2c(s1)CC(c1ccccc1)CC2. The van der Waals surface area contributed by atoms with E-state index in [4.69, 9.17) is 0 Å². The highest BCUT2D eigenvalue weighted by Gasteiger charge is 2.23. The lowest BCUT2D eigenvalue weighted by Crippen LogP contribution is -2.11. The van der Waals surface area contributed by atoms with Crippen LogP contribution in [0.15, 0.2) is 30.3 Å². The molecule has 0 spiro atoms. The second kappa shape index (κ2) is 5.13. The zero-order valence-corrected chi connectivity index (χ0v) is 11.7. The van der Waals surface area contributed by atoms with Crippen molar-refractivity contribution in [1.82, 2.24) is 4.98 Å². The van der Waals surface area contributed by atoms with E-state index in [-0.39, 0.29) is 5.91 Å². The molecule has 1 aliphatic carbocycles. The van der Waals surface area contributed by atoms with Crippen LogP contribution in [0.1, 0.15) is 35.4 Å². The quantitative estimate of drug-likeness (QED) is 0.910. The van der Waals surface area contributed by atoms with E-state index >= 15 is 0 Å². The Morgan fingerprint density at radius 3 is 2.89 bits per heavy atom. The number of aromatic nitrogens is 1. The van der Waals surface area contributed by atoms with Crippen molar-refractivity contribution >= 4 is 22.4 Å². The summed E-state index contributed by atoms with van der Waals surface area (Å²) in [5, 5.41) is 3.53. The highest BCUT2D eigenvalue weighted by molar-refractivity contribution is 7.15. The summed E-state index contributed by atoms with van der Waals surface area (Å²) in [6, 6.07) is 10.6. The van der Waals surface area contributed by atoms with Crippen LogP contribution in [0.3, 0.4) is 0 Å². The van der Waals surface area contributed by atoms with E-state index < -0.39 is 0 Å². The molecule has 0 bridgehead atoms. The molecular weight excluding hydrogens is 256 g/mol. The smallest absolute Gasteiger partial charge is 0.223 e. The molecule has 19 heavy (non-hydrogen) atoms. The summed E-state index contributed by atoms with van der Waals surface area (Å²) in [6.07, 6.45) is 3.18. The van der Waals surface area contributed by atoms with Crippen LogP contribution in [0.5, 0.6) is 0 Å². The molecule has 1 N–H and O–H groups in total. The third-order valence-corrected chi connectivity index (χ3v) is 4.53. The van der Waals surface area contributed by atoms with Gasteiger partial charge in [0.25, 0.3) is 0 Å². The average molecular weight is 272 g/mol. The number of benzene rings is 1. The fourth-order valence-electron chi connectivity index (χ4n) is 2.59. The minimum Gasteiger partial charge on any atom is -0.302 e. The van der Waals surface area contributed by atoms with Gasteiger partial charge in [-0.25, -0.2) is 4.98 Å². The maximum Gasteiger partial charge on any atom is 0.223 e. The number of hydrogen-bond donors (Lipinski definition) is 1. The predicted molar refractivity (Wildman–Crippen MR) is 77.6 cm³/mol. The van der Waals surface area contributed by atoms with Crippen molar-refractivity contribution in [2.75, 3.05) is 5.32 Å². The zero-order valence-electron chi connectivity index (χ0n) is 10.8. The lowest BCUT2D eigenvalue weighted by atomic mass is 9.85. The molecule has 1 unspecified atom stereocenters. The van der Waals surface area contributed by atoms with Gasteiger partial charge in [-0.3, -0.25) is 4.79 Å². The number of amides is 1. The predicted octanol–water partition coefficient (Wildman–Crippen LogP) is 3.37. The number of rotatable bonds is 2. The Labute approximate surface area is 116 Å². The number of carbonyl (C=O) groups is 1. The van der Waals surface area contributed by atoms with Crippen molar-refractivity contribution in [3.05, 3.63) is 46.5 Å². The molecule has 1 aromatic carbocycles. The normalized spacial score (nSPS) is 17.8. The number of anilines is 1. The molecule has 3 nitrogen and oxygen atoms in total. The molecule has 3 rings (SSSR count). The number of carbonyl (C=O) groups excluding carboxylic acids is 1. The van der Waals surface area contributed by atoms with Gasteiger partial charge in [0.2, 0.25) is 5.91 Å². The standard InChI is InChI=1S/C15H16N2OS/c1-10(18)16-15-17-13-8-7-12(9-14(13)19-15)11-5-3-2-4-6-11/h2-6,12H,7-9H2,1H3,(H,16,17,18). The molecule has 98 valence electrons. The summed E-state index contributed by atoms with van der Waals surface area (Å²) in [5.41, 5.74) is 2.57. The number of hydrogen-bond acceptors (Lipinski definition) is 3. The van der Waals surface area contributed by atoms with Gasteiger partial charge in [0.05, 0.1) is 5.69 Å². The molecule has 2 aromatic rings. The van der Waals surface area contributed by atoms with Crippen molar-refractivity contribution in [1.29, 1.82) is 0 Å². The molecular formula is C15H16N2OS. The summed E-state index contributed by atoms with van der Waals surface area (Å²) in [4.78, 5) is 16.9. The summed E-state index contributed by atoms with van der Waals surface area (Å²) in [5.74, 6) is 0.532. The van der Waals surface area contributed by atoms with E-state index in [1.807, 2.05) is 0 Å². The molecule has 1 amide bonds. The van der Waals surface area contributed by atoms with E-state index in [0.717, 1.165) is 24.4 Å². The van der Waals surface area contributed by atoms with Gasteiger partial charge in [-0.05, 0) is 30.7 Å². The van der Waals surface area contributed by atoms with E-state index in [0.29, 0.717) is 5.92 Å². The van der Waals surface area contributed by atoms with E-state index in [9.17, 15) is 4.79 Å². The molecule has 1 heterocycles. The highest BCUT2D eigenvalue weighted by atomic mass is 32.1. The Hall–Kier alpha value is -1.68. The lowest BCUT2D eigenvalue weighted by Gasteiger charge is -2.21. The number of aryl methyl sites for hydroxylation is 1. The van der Waals surface area contributed by atoms with Crippen molar-refractivity contribution in [2.24, 2.45) is 0 Å². The average Bonchev–Trinajstić information content (AvgIpc) is 2.79. The van der Waals surface area contributed by atoms with E-state index in [2.05, 4.69) is 40.6 Å². The first-order valence-electron chi connectivity index (χ1n) is 6.53. The molecule has 1 atom stereocenters. The molecule has 0 radical (unpaired) electrons. The largest absolute Gasteiger partial charge is 0.302 e. The lowest BCUT2D eigenvalue weighted by molar-refractivity contribution is -0.114. The first-order chi connectivity index (χ1) is 9.22. The van der Waals surface area contributed by atoms with Crippen LogP contribution in [0.25, 0.3) is 0 Å². The topological polar surface area (TPSA) is 42.0 Å². The van der Waals surface area contributed by atoms with Crippen molar-refractivity contribution < 1.29 is 4.79 Å². The fraction of sp³-hybridized carbons (Fsp3) is 0.333. The molecule has 0 saturated carbocycles. The van der Waals surface area contributed by atoms with Crippen molar-refractivity contribution in [2.45, 2.75) is 32.1 Å². The molecule has 4 heteroatoms. The van der Waals surface area contributed by atoms with Crippen LogP contribution in [-0.2, 0) is 17.6 Å². The van der Waals surface area contributed by atoms with Crippen LogP contribution in [-0.4, -0.2) is 10.9 Å². The van der Waals surface area contributed by atoms with Gasteiger partial charge in [-0.15, -0.1) is 11.3 Å². The molecule has 0 fully saturated rings. The zero-order chi connectivity index (χ0) is 13.2. The van der Waals surface area contributed by atoms with E-state index in [1.54, 1.807) is 11.3 Å². The molecule has 1 aliphatic rings. The Balaban J connectivity index is 1.80. The van der Waals surface area contributed by atoms with Crippen molar-refractivity contribution in [3.8, 4) is 0 Å². The summed E-state index contributed by atoms with van der Waals surface area (Å²) < 4.78 is 0. The van der Waals surface area contributed by atoms with Crippen LogP contribution < -0.4 is 5.32 Å². The number of thiazole rings is 1. The minimum atomic E-state index is -0.0503. The second-order valence-corrected chi connectivity index (χ2v) is 6.00. The van der Waals surface area contributed by atoms with Crippen LogP contribution >= 0.6 is 11.3 Å². The second-order valence-electron chi connectivity index (χ2n) is 4.92. The Morgan fingerprint density at radius 2 is 2.16 bits per heavy atom. The first kappa shape index (κ1) is 12.4. The number of nitrogens with zero attached hydrogens (tertiary/aromatic N) is 1. The number of nitrogens with one attached hydrogen (secondary N) is 1. The maximum atomic E-state index is 11.1. The van der Waals surface area contributed by atoms with Gasteiger partial charge in [0, 0.05) is 11.8 Å². The summed E-state index contributed by atoms with van der Waals surface area (Å²) in [6.45, 7) is 1.52. The van der Waals surface area contributed by atoms with Crippen LogP contribution in [0.4, 0.5) is 5.13 Å². The Kier molecular flexibility index (Phi) is 3.34. The number of fused-ring (bicyclic) bond motifs is 1. The molecule has 0 saturated heterocycles. The summed E-state index contributed by atoms with van der Waals surface area (Å²) >= 11 is 1.62. The first-order valence-corrected chi connectivity index (χ1v) is 7.35. The van der Waals surface area contributed by atoms with Crippen LogP contribution in [0, 0.1) is 0 Å². The third kappa shape index (κ3) is 2.68. The monoisotopic (exact) mass is 272 g/mol. The van der Waals surface area contributed by atoms with Gasteiger partial charge < -0.3 is 5.32 Å². The fourth-order valence-corrected chi connectivity index (χ4v) is 3.72. The third-order valence-electron chi connectivity index (χ3n) is 3.49. The summed E-state index contributed by atoms with van der Waals surface area (Å²) in [7, 11) is 0. The van der Waals surface area contributed by atoms with Gasteiger partial charge in [0.15, 0.2) is 5.13 Å². The molecule has 0 aliphatic heterocycles. The Bertz CT molecular complexity index is 591. The Morgan fingerprint density at radius 1 is 1.37 bits per heavy atom. The van der Waals surface area contributed by atoms with E-state index in [1.165, 1.54) is 23.1 Å². The van der Waals surface area contributed by atoms with Gasteiger partial charge in [0.1, 0.15) is 0 Å². The van der Waals surface area contributed by atoms with Gasteiger partial charge in [-0.2, -0.15) is 0 Å². The highest BCUT2D eigenvalue weighted by Crippen LogP contribution is 2.36. The van der Waals surface area contributed by atoms with Crippen molar-refractivity contribution in [3.63, 3.8) is 0 Å². The van der Waals surface area contributed by atoms with Gasteiger partial charge in [-0.1, -0.05) is 30.3 Å². The molecule has 1 aromatic heterocycles.